The second-order valence-corrected chi connectivity index (χ2v) is 7.17. The second kappa shape index (κ2) is 3.42. The summed E-state index contributed by atoms with van der Waals surface area (Å²) in [5, 5.41) is 0. The van der Waals surface area contributed by atoms with Gasteiger partial charge in [0.2, 0.25) is 0 Å². The summed E-state index contributed by atoms with van der Waals surface area (Å²) in [6.45, 7) is 0. The molecule has 8 heteroatoms. The van der Waals surface area contributed by atoms with Crippen molar-refractivity contribution in [3.8, 4) is 0 Å². The fourth-order valence-corrected chi connectivity index (χ4v) is 0. The van der Waals surface area contributed by atoms with E-state index in [1.807, 2.05) is 0 Å². The molecule has 0 aliphatic rings. The first-order valence-corrected chi connectivity index (χ1v) is 5.68. The molecule has 0 rings (SSSR count). The Balaban J connectivity index is 0. The summed E-state index contributed by atoms with van der Waals surface area (Å²) in [6.07, 6.45) is 0.544. The van der Waals surface area contributed by atoms with Crippen molar-refractivity contribution in [1.82, 2.24) is 0 Å². The van der Waals surface area contributed by atoms with Crippen molar-refractivity contribution in [2.24, 2.45) is 0 Å². The first-order chi connectivity index (χ1) is 3.25. The van der Waals surface area contributed by atoms with E-state index in [2.05, 4.69) is 0 Å². The molecule has 0 fully saturated rings. The number of thiol groups is 1. The van der Waals surface area contributed by atoms with E-state index in [0.717, 1.165) is 0 Å². The molecular weight excluding hydrogens is 179 g/mol. The molecule has 0 radical (unpaired) electrons. The van der Waals surface area contributed by atoms with E-state index in [4.69, 9.17) is 9.11 Å². The summed E-state index contributed by atoms with van der Waals surface area (Å²) < 4.78 is 45.2. The third-order valence-electron chi connectivity index (χ3n) is 0.428. The summed E-state index contributed by atoms with van der Waals surface area (Å²) in [5.41, 5.74) is 0. The molecule has 0 atom stereocenters. The minimum atomic E-state index is -4.73. The molecule has 0 amide bonds. The Morgan fingerprint density at radius 1 is 1.44 bits per heavy atom. The molecule has 9 heavy (non-hydrogen) atoms. The molecule has 2 N–H and O–H groups in total. The van der Waals surface area contributed by atoms with Crippen molar-refractivity contribution >= 4 is 48.0 Å². The first kappa shape index (κ1) is 12.7. The van der Waals surface area contributed by atoms with Crippen molar-refractivity contribution in [3.05, 3.63) is 0 Å². The number of hydrogen-bond acceptors (Lipinski definition) is 3. The van der Waals surface area contributed by atoms with Gasteiger partial charge in [0, 0.05) is 6.26 Å². The van der Waals surface area contributed by atoms with Gasteiger partial charge in [-0.25, -0.2) is 0 Å². The van der Waals surface area contributed by atoms with E-state index in [1.165, 1.54) is 0 Å². The Hall–Kier alpha value is 1.02. The summed E-state index contributed by atoms with van der Waals surface area (Å²) >= 11 is 0. The predicted molar refractivity (Wildman–Crippen MR) is 36.8 cm³/mol. The van der Waals surface area contributed by atoms with Crippen LogP contribution in [-0.2, 0) is 18.4 Å². The fraction of sp³-hybridized carbons (Fsp3) is 1.00. The van der Waals surface area contributed by atoms with Gasteiger partial charge in [0.05, 0.1) is 0 Å². The van der Waals surface area contributed by atoms with Crippen molar-refractivity contribution < 1.29 is 21.7 Å². The predicted octanol–water partition coefficient (Wildman–Crippen LogP) is -1.74. The summed E-state index contributed by atoms with van der Waals surface area (Å²) in [7, 11) is -9.05. The van der Waals surface area contributed by atoms with Gasteiger partial charge in [-0.3, -0.25) is 9.11 Å². The molecule has 0 saturated carbocycles. The Bertz CT molecular complexity index is 209. The van der Waals surface area contributed by atoms with Gasteiger partial charge in [-0.05, 0) is 0 Å². The van der Waals surface area contributed by atoms with Crippen molar-refractivity contribution in [2.75, 3.05) is 6.26 Å². The third kappa shape index (κ3) is 4.43. The van der Waals surface area contributed by atoms with E-state index in [9.17, 15) is 12.6 Å². The fourth-order valence-electron chi connectivity index (χ4n) is 0. The van der Waals surface area contributed by atoms with Crippen LogP contribution in [0.5, 0.6) is 0 Å². The topological polar surface area (TPSA) is 91.7 Å². The van der Waals surface area contributed by atoms with Gasteiger partial charge in [0.1, 0.15) is 0 Å². The first-order valence-electron chi connectivity index (χ1n) is 1.53. The van der Waals surface area contributed by atoms with Crippen LogP contribution in [0.3, 0.4) is 0 Å². The van der Waals surface area contributed by atoms with Crippen LogP contribution < -0.4 is 0 Å². The van der Waals surface area contributed by atoms with E-state index >= 15 is 0 Å². The SMILES string of the molecule is C[SH](=O)(O)S(=O)(=O)O.[NaH]. The van der Waals surface area contributed by atoms with Crippen molar-refractivity contribution in [2.45, 2.75) is 0 Å². The Kier molecular flexibility index (Phi) is 4.82. The van der Waals surface area contributed by atoms with Gasteiger partial charge >= 0.3 is 38.7 Å². The Labute approximate surface area is 75.5 Å². The average Bonchev–Trinajstić information content (AvgIpc) is 1.25. The average molecular weight is 186 g/mol. The maximum absolute atomic E-state index is 9.95. The monoisotopic (exact) mass is 186 g/mol. The summed E-state index contributed by atoms with van der Waals surface area (Å²) in [6, 6.07) is 0. The van der Waals surface area contributed by atoms with E-state index in [1.54, 1.807) is 0 Å². The van der Waals surface area contributed by atoms with Gasteiger partial charge in [-0.15, -0.1) is 0 Å². The molecule has 0 aromatic rings. The molecule has 0 spiro atoms. The van der Waals surface area contributed by atoms with Crippen LogP contribution in [0.1, 0.15) is 0 Å². The second-order valence-electron chi connectivity index (χ2n) is 1.25. The number of rotatable bonds is 1. The van der Waals surface area contributed by atoms with Crippen LogP contribution in [0, 0.1) is 0 Å². The van der Waals surface area contributed by atoms with Gasteiger partial charge in [-0.2, -0.15) is 12.6 Å². The van der Waals surface area contributed by atoms with E-state index < -0.39 is 18.4 Å². The standard InChI is InChI=1S/CH6O5S2.Na.H/c1-7(2,3)8(4,5)6;;/h7H,1H3,(H,2,3)(H,4,5,6);;. The van der Waals surface area contributed by atoms with Gasteiger partial charge in [-0.1, -0.05) is 9.25 Å². The van der Waals surface area contributed by atoms with Crippen LogP contribution in [-0.4, -0.2) is 57.5 Å². The Morgan fingerprint density at radius 3 is 1.56 bits per heavy atom. The van der Waals surface area contributed by atoms with Crippen molar-refractivity contribution in [3.63, 3.8) is 0 Å². The molecule has 0 aliphatic heterocycles. The normalized spacial score (nSPS) is 14.1. The quantitative estimate of drug-likeness (QED) is 0.196. The van der Waals surface area contributed by atoms with E-state index in [-0.39, 0.29) is 29.6 Å². The van der Waals surface area contributed by atoms with Crippen LogP contribution in [0.2, 0.25) is 0 Å². The molecule has 0 unspecified atom stereocenters. The summed E-state index contributed by atoms with van der Waals surface area (Å²) in [5.74, 6) is 0. The zero-order valence-corrected chi connectivity index (χ0v) is 5.69. The maximum atomic E-state index is 9.95. The molecule has 0 aliphatic carbocycles. The summed E-state index contributed by atoms with van der Waals surface area (Å²) in [4.78, 5) is 0. The van der Waals surface area contributed by atoms with E-state index in [0.29, 0.717) is 6.26 Å². The molecule has 0 aromatic carbocycles. The molecule has 0 aromatic heterocycles. The Morgan fingerprint density at radius 2 is 1.56 bits per heavy atom. The van der Waals surface area contributed by atoms with Gasteiger partial charge < -0.3 is 0 Å². The van der Waals surface area contributed by atoms with Crippen LogP contribution in [0.15, 0.2) is 0 Å². The minimum absolute atomic E-state index is 0. The van der Waals surface area contributed by atoms with Crippen LogP contribution in [0.4, 0.5) is 0 Å². The molecular formula is CH7NaO5S2. The zero-order chi connectivity index (χ0) is 7.00. The molecule has 54 valence electrons. The molecule has 0 saturated heterocycles. The molecule has 0 heterocycles. The van der Waals surface area contributed by atoms with Gasteiger partial charge in [0.15, 0.2) is 0 Å². The van der Waals surface area contributed by atoms with Crippen LogP contribution >= 0.6 is 0 Å². The third-order valence-corrected chi connectivity index (χ3v) is 3.85. The van der Waals surface area contributed by atoms with Crippen molar-refractivity contribution in [1.29, 1.82) is 0 Å². The van der Waals surface area contributed by atoms with Gasteiger partial charge in [0.25, 0.3) is 0 Å². The zero-order valence-electron chi connectivity index (χ0n) is 3.97. The molecule has 0 bridgehead atoms. The van der Waals surface area contributed by atoms with Crippen LogP contribution in [0.25, 0.3) is 0 Å². The molecule has 5 nitrogen and oxygen atoms in total. The number of hydrogen-bond donors (Lipinski definition) is 3.